The van der Waals surface area contributed by atoms with E-state index in [0.717, 1.165) is 6.54 Å². The second kappa shape index (κ2) is 5.79. The van der Waals surface area contributed by atoms with E-state index in [1.807, 2.05) is 6.20 Å². The van der Waals surface area contributed by atoms with Gasteiger partial charge in [0.2, 0.25) is 0 Å². The summed E-state index contributed by atoms with van der Waals surface area (Å²) in [5, 5.41) is 4.25. The van der Waals surface area contributed by atoms with Crippen LogP contribution in [0.3, 0.4) is 0 Å². The van der Waals surface area contributed by atoms with Crippen LogP contribution in [0.15, 0.2) is 12.3 Å². The van der Waals surface area contributed by atoms with Gasteiger partial charge in [-0.05, 0) is 19.4 Å². The van der Waals surface area contributed by atoms with Gasteiger partial charge in [-0.2, -0.15) is 5.10 Å². The van der Waals surface area contributed by atoms with Crippen LogP contribution in [-0.2, 0) is 6.54 Å². The maximum absolute atomic E-state index is 4.25. The molecule has 0 aliphatic heterocycles. The second-order valence-corrected chi connectivity index (χ2v) is 3.61. The van der Waals surface area contributed by atoms with Crippen molar-refractivity contribution < 1.29 is 0 Å². The largest absolute Gasteiger partial charge is 0.270 e. The van der Waals surface area contributed by atoms with E-state index in [4.69, 9.17) is 0 Å². The summed E-state index contributed by atoms with van der Waals surface area (Å²) in [6, 6.07) is 2.06. The van der Waals surface area contributed by atoms with Crippen molar-refractivity contribution in [3.8, 4) is 0 Å². The molecule has 0 amide bonds. The average molecular weight is 180 g/mol. The molecule has 2 nitrogen and oxygen atoms in total. The summed E-state index contributed by atoms with van der Waals surface area (Å²) in [6.07, 6.45) is 8.55. The smallest absolute Gasteiger partial charge is 0.0492 e. The van der Waals surface area contributed by atoms with E-state index < -0.39 is 0 Å². The Kier molecular flexibility index (Phi) is 4.58. The molecule has 1 aromatic rings. The van der Waals surface area contributed by atoms with E-state index in [1.54, 1.807) is 0 Å². The molecule has 0 saturated carbocycles. The van der Waals surface area contributed by atoms with Crippen LogP contribution in [0, 0.1) is 6.92 Å². The Balaban J connectivity index is 2.10. The minimum atomic E-state index is 1.09. The van der Waals surface area contributed by atoms with Gasteiger partial charge < -0.3 is 0 Å². The second-order valence-electron chi connectivity index (χ2n) is 3.61. The van der Waals surface area contributed by atoms with Crippen LogP contribution in [0.25, 0.3) is 0 Å². The van der Waals surface area contributed by atoms with Gasteiger partial charge in [0.25, 0.3) is 0 Å². The molecule has 13 heavy (non-hydrogen) atoms. The van der Waals surface area contributed by atoms with Gasteiger partial charge in [0.05, 0.1) is 0 Å². The van der Waals surface area contributed by atoms with Gasteiger partial charge in [-0.3, -0.25) is 4.68 Å². The quantitative estimate of drug-likeness (QED) is 0.615. The van der Waals surface area contributed by atoms with Crippen molar-refractivity contribution in [3.05, 3.63) is 18.0 Å². The first-order valence-electron chi connectivity index (χ1n) is 5.33. The number of aryl methyl sites for hydroxylation is 2. The van der Waals surface area contributed by atoms with Crippen LogP contribution >= 0.6 is 0 Å². The molecular formula is C11H20N2. The third kappa shape index (κ3) is 3.62. The summed E-state index contributed by atoms with van der Waals surface area (Å²) >= 11 is 0. The van der Waals surface area contributed by atoms with Gasteiger partial charge in [-0.1, -0.05) is 32.6 Å². The van der Waals surface area contributed by atoms with Crippen molar-refractivity contribution in [2.24, 2.45) is 0 Å². The first-order chi connectivity index (χ1) is 6.34. The summed E-state index contributed by atoms with van der Waals surface area (Å²) in [7, 11) is 0. The topological polar surface area (TPSA) is 17.8 Å². The first-order valence-corrected chi connectivity index (χ1v) is 5.33. The normalized spacial score (nSPS) is 10.6. The molecule has 0 fully saturated rings. The molecular weight excluding hydrogens is 160 g/mol. The Morgan fingerprint density at radius 3 is 2.62 bits per heavy atom. The summed E-state index contributed by atoms with van der Waals surface area (Å²) in [5.41, 5.74) is 1.27. The molecule has 0 aliphatic rings. The van der Waals surface area contributed by atoms with E-state index >= 15 is 0 Å². The molecule has 0 radical (unpaired) electrons. The molecule has 0 aromatic carbocycles. The first kappa shape index (κ1) is 10.3. The summed E-state index contributed by atoms with van der Waals surface area (Å²) < 4.78 is 2.09. The van der Waals surface area contributed by atoms with Crippen molar-refractivity contribution >= 4 is 0 Å². The molecule has 1 rings (SSSR count). The van der Waals surface area contributed by atoms with Crippen molar-refractivity contribution in [2.45, 2.75) is 52.5 Å². The van der Waals surface area contributed by atoms with Gasteiger partial charge in [-0.15, -0.1) is 0 Å². The molecule has 0 aliphatic carbocycles. The number of rotatable bonds is 6. The summed E-state index contributed by atoms with van der Waals surface area (Å²) in [4.78, 5) is 0. The highest BCUT2D eigenvalue weighted by molar-refractivity contribution is 4.96. The fourth-order valence-electron chi connectivity index (χ4n) is 1.50. The standard InChI is InChI=1S/C11H20N2/c1-3-4-5-6-7-10-13-11(2)8-9-12-13/h8-9H,3-7,10H2,1-2H3. The van der Waals surface area contributed by atoms with E-state index in [1.165, 1.54) is 37.8 Å². The Hall–Kier alpha value is -0.790. The van der Waals surface area contributed by atoms with Crippen LogP contribution in [0.4, 0.5) is 0 Å². The highest BCUT2D eigenvalue weighted by Crippen LogP contribution is 2.05. The molecule has 0 saturated heterocycles. The molecule has 0 spiro atoms. The number of unbranched alkanes of at least 4 members (excludes halogenated alkanes) is 4. The third-order valence-corrected chi connectivity index (χ3v) is 2.40. The lowest BCUT2D eigenvalue weighted by molar-refractivity contribution is 0.525. The fourth-order valence-corrected chi connectivity index (χ4v) is 1.50. The van der Waals surface area contributed by atoms with Crippen LogP contribution < -0.4 is 0 Å². The van der Waals surface area contributed by atoms with E-state index in [0.29, 0.717) is 0 Å². The highest BCUT2D eigenvalue weighted by atomic mass is 15.3. The zero-order chi connectivity index (χ0) is 9.52. The summed E-state index contributed by atoms with van der Waals surface area (Å²) in [5.74, 6) is 0. The van der Waals surface area contributed by atoms with Gasteiger partial charge in [-0.25, -0.2) is 0 Å². The number of hydrogen-bond donors (Lipinski definition) is 0. The predicted octanol–water partition coefficient (Wildman–Crippen LogP) is 3.16. The van der Waals surface area contributed by atoms with Crippen molar-refractivity contribution in [1.82, 2.24) is 9.78 Å². The Morgan fingerprint density at radius 1 is 1.23 bits per heavy atom. The molecule has 74 valence electrons. The number of aromatic nitrogens is 2. The maximum Gasteiger partial charge on any atom is 0.0492 e. The lowest BCUT2D eigenvalue weighted by Crippen LogP contribution is -2.01. The fraction of sp³-hybridized carbons (Fsp3) is 0.727. The lowest BCUT2D eigenvalue weighted by Gasteiger charge is -2.03. The van der Waals surface area contributed by atoms with Gasteiger partial charge >= 0.3 is 0 Å². The van der Waals surface area contributed by atoms with E-state index in [-0.39, 0.29) is 0 Å². The van der Waals surface area contributed by atoms with Crippen molar-refractivity contribution in [1.29, 1.82) is 0 Å². The highest BCUT2D eigenvalue weighted by Gasteiger charge is 1.95. The predicted molar refractivity (Wildman–Crippen MR) is 55.7 cm³/mol. The number of nitrogens with zero attached hydrogens (tertiary/aromatic N) is 2. The lowest BCUT2D eigenvalue weighted by atomic mass is 10.1. The van der Waals surface area contributed by atoms with Crippen LogP contribution in [0.5, 0.6) is 0 Å². The molecule has 0 bridgehead atoms. The van der Waals surface area contributed by atoms with Gasteiger partial charge in [0, 0.05) is 18.4 Å². The van der Waals surface area contributed by atoms with Crippen molar-refractivity contribution in [3.63, 3.8) is 0 Å². The average Bonchev–Trinajstić information content (AvgIpc) is 2.52. The molecule has 0 unspecified atom stereocenters. The van der Waals surface area contributed by atoms with Gasteiger partial charge in [0.15, 0.2) is 0 Å². The SMILES string of the molecule is CCCCCCCn1nccc1C. The van der Waals surface area contributed by atoms with E-state index in [2.05, 4.69) is 29.7 Å². The zero-order valence-electron chi connectivity index (χ0n) is 8.79. The minimum absolute atomic E-state index is 1.09. The molecule has 2 heteroatoms. The van der Waals surface area contributed by atoms with E-state index in [9.17, 15) is 0 Å². The van der Waals surface area contributed by atoms with Crippen LogP contribution in [-0.4, -0.2) is 9.78 Å². The molecule has 0 N–H and O–H groups in total. The van der Waals surface area contributed by atoms with Gasteiger partial charge in [0.1, 0.15) is 0 Å². The minimum Gasteiger partial charge on any atom is -0.270 e. The Morgan fingerprint density at radius 2 is 2.00 bits per heavy atom. The van der Waals surface area contributed by atoms with Crippen molar-refractivity contribution in [2.75, 3.05) is 0 Å². The molecule has 1 heterocycles. The van der Waals surface area contributed by atoms with Crippen LogP contribution in [0.2, 0.25) is 0 Å². The maximum atomic E-state index is 4.25. The third-order valence-electron chi connectivity index (χ3n) is 2.40. The number of hydrogen-bond acceptors (Lipinski definition) is 1. The molecule has 0 atom stereocenters. The summed E-state index contributed by atoms with van der Waals surface area (Å²) in [6.45, 7) is 5.44. The Bertz CT molecular complexity index is 228. The Labute approximate surface area is 81.0 Å². The molecule has 1 aromatic heterocycles. The van der Waals surface area contributed by atoms with Crippen LogP contribution in [0.1, 0.15) is 44.7 Å². The monoisotopic (exact) mass is 180 g/mol. The zero-order valence-corrected chi connectivity index (χ0v) is 8.79.